The number of hydrogen-bond acceptors (Lipinski definition) is 3. The van der Waals surface area contributed by atoms with Gasteiger partial charge in [0.15, 0.2) is 5.96 Å². The molecule has 0 unspecified atom stereocenters. The van der Waals surface area contributed by atoms with Gasteiger partial charge in [0.05, 0.1) is 0 Å². The molecule has 0 bridgehead atoms. The van der Waals surface area contributed by atoms with Gasteiger partial charge < -0.3 is 10.6 Å². The Morgan fingerprint density at radius 2 is 1.92 bits per heavy atom. The first kappa shape index (κ1) is 20.4. The lowest BCUT2D eigenvalue weighted by molar-refractivity contribution is 0.174. The summed E-state index contributed by atoms with van der Waals surface area (Å²) in [5.74, 6) is 0.897. The van der Waals surface area contributed by atoms with E-state index in [0.29, 0.717) is 12.1 Å². The van der Waals surface area contributed by atoms with Crippen LogP contribution in [0.1, 0.15) is 46.7 Å². The molecule has 0 aliphatic rings. The normalized spacial score (nSPS) is 12.2. The Kier molecular flexibility index (Phi) is 10.1. The van der Waals surface area contributed by atoms with Crippen molar-refractivity contribution in [1.29, 1.82) is 0 Å². The molecule has 0 spiro atoms. The summed E-state index contributed by atoms with van der Waals surface area (Å²) in [6.07, 6.45) is 3.82. The lowest BCUT2D eigenvalue weighted by atomic mass is 10.2. The van der Waals surface area contributed by atoms with E-state index in [1.165, 1.54) is 0 Å². The molecule has 0 saturated heterocycles. The van der Waals surface area contributed by atoms with Gasteiger partial charge in [0, 0.05) is 56.6 Å². The maximum atomic E-state index is 4.68. The van der Waals surface area contributed by atoms with Crippen molar-refractivity contribution in [2.45, 2.75) is 59.5 Å². The molecular formula is C19H35N5. The van der Waals surface area contributed by atoms with Gasteiger partial charge in [-0.15, -0.1) is 0 Å². The topological polar surface area (TPSA) is 52.6 Å². The van der Waals surface area contributed by atoms with Gasteiger partial charge in [-0.25, -0.2) is 0 Å². The maximum Gasteiger partial charge on any atom is 0.191 e. The van der Waals surface area contributed by atoms with Gasteiger partial charge in [0.2, 0.25) is 0 Å². The van der Waals surface area contributed by atoms with Crippen LogP contribution < -0.4 is 10.6 Å². The third-order valence-electron chi connectivity index (χ3n) is 3.91. The van der Waals surface area contributed by atoms with E-state index in [1.54, 1.807) is 0 Å². The van der Waals surface area contributed by atoms with Crippen LogP contribution in [-0.2, 0) is 6.42 Å². The van der Waals surface area contributed by atoms with Crippen LogP contribution >= 0.6 is 0 Å². The van der Waals surface area contributed by atoms with E-state index in [2.05, 4.69) is 66.2 Å². The first-order valence-electron chi connectivity index (χ1n) is 9.22. The fourth-order valence-corrected chi connectivity index (χ4v) is 2.75. The van der Waals surface area contributed by atoms with Gasteiger partial charge in [0.25, 0.3) is 0 Å². The van der Waals surface area contributed by atoms with Crippen molar-refractivity contribution in [2.75, 3.05) is 26.2 Å². The van der Waals surface area contributed by atoms with Crippen LogP contribution in [-0.4, -0.2) is 54.1 Å². The molecule has 0 atom stereocenters. The van der Waals surface area contributed by atoms with Gasteiger partial charge in [-0.05, 0) is 53.2 Å². The Hall–Kier alpha value is -1.62. The van der Waals surface area contributed by atoms with Crippen LogP contribution in [0.3, 0.4) is 0 Å². The highest BCUT2D eigenvalue weighted by Crippen LogP contribution is 2.05. The monoisotopic (exact) mass is 333 g/mol. The van der Waals surface area contributed by atoms with Crippen molar-refractivity contribution in [2.24, 2.45) is 4.99 Å². The summed E-state index contributed by atoms with van der Waals surface area (Å²) in [7, 11) is 0. The number of guanidine groups is 1. The summed E-state index contributed by atoms with van der Waals surface area (Å²) in [5.41, 5.74) is 1.10. The molecule has 0 radical (unpaired) electrons. The molecule has 0 aliphatic heterocycles. The summed E-state index contributed by atoms with van der Waals surface area (Å²) in [6.45, 7) is 14.8. The summed E-state index contributed by atoms with van der Waals surface area (Å²) < 4.78 is 0. The summed E-state index contributed by atoms with van der Waals surface area (Å²) in [4.78, 5) is 11.5. The van der Waals surface area contributed by atoms with E-state index in [-0.39, 0.29) is 0 Å². The molecule has 1 aromatic heterocycles. The third-order valence-corrected chi connectivity index (χ3v) is 3.91. The number of rotatable bonds is 10. The number of pyridine rings is 1. The molecule has 0 saturated carbocycles. The van der Waals surface area contributed by atoms with Crippen LogP contribution in [0.2, 0.25) is 0 Å². The van der Waals surface area contributed by atoms with Gasteiger partial charge in [-0.2, -0.15) is 0 Å². The highest BCUT2D eigenvalue weighted by atomic mass is 15.2. The third kappa shape index (κ3) is 8.29. The van der Waals surface area contributed by atoms with Crippen molar-refractivity contribution in [3.63, 3.8) is 0 Å². The lowest BCUT2D eigenvalue weighted by Crippen LogP contribution is -2.39. The largest absolute Gasteiger partial charge is 0.357 e. The van der Waals surface area contributed by atoms with Crippen molar-refractivity contribution < 1.29 is 0 Å². The van der Waals surface area contributed by atoms with Crippen molar-refractivity contribution in [3.05, 3.63) is 30.1 Å². The molecule has 136 valence electrons. The Morgan fingerprint density at radius 1 is 1.17 bits per heavy atom. The van der Waals surface area contributed by atoms with E-state index in [1.807, 2.05) is 18.3 Å². The van der Waals surface area contributed by atoms with Gasteiger partial charge in [0.1, 0.15) is 0 Å². The minimum Gasteiger partial charge on any atom is -0.357 e. The zero-order valence-electron chi connectivity index (χ0n) is 16.0. The average molecular weight is 334 g/mol. The van der Waals surface area contributed by atoms with Crippen LogP contribution in [0, 0.1) is 0 Å². The zero-order chi connectivity index (χ0) is 17.8. The molecule has 0 aromatic carbocycles. The molecule has 5 heteroatoms. The minimum absolute atomic E-state index is 0.582. The molecule has 1 aromatic rings. The zero-order valence-corrected chi connectivity index (χ0v) is 16.0. The van der Waals surface area contributed by atoms with E-state index >= 15 is 0 Å². The molecule has 5 nitrogen and oxygen atoms in total. The van der Waals surface area contributed by atoms with Gasteiger partial charge in [-0.3, -0.25) is 14.9 Å². The van der Waals surface area contributed by atoms with Crippen molar-refractivity contribution in [3.8, 4) is 0 Å². The first-order chi connectivity index (χ1) is 11.5. The Bertz CT molecular complexity index is 448. The second-order valence-electron chi connectivity index (χ2n) is 6.54. The van der Waals surface area contributed by atoms with Gasteiger partial charge in [-0.1, -0.05) is 6.07 Å². The van der Waals surface area contributed by atoms with Gasteiger partial charge >= 0.3 is 0 Å². The number of nitrogens with one attached hydrogen (secondary N) is 2. The molecule has 0 amide bonds. The number of nitrogens with zero attached hydrogens (tertiary/aromatic N) is 3. The second kappa shape index (κ2) is 11.8. The molecular weight excluding hydrogens is 298 g/mol. The van der Waals surface area contributed by atoms with Crippen molar-refractivity contribution >= 4 is 5.96 Å². The first-order valence-corrected chi connectivity index (χ1v) is 9.22. The molecule has 1 heterocycles. The maximum absolute atomic E-state index is 4.68. The smallest absolute Gasteiger partial charge is 0.191 e. The fourth-order valence-electron chi connectivity index (χ4n) is 2.75. The summed E-state index contributed by atoms with van der Waals surface area (Å²) >= 11 is 0. The molecule has 24 heavy (non-hydrogen) atoms. The summed E-state index contributed by atoms with van der Waals surface area (Å²) in [6, 6.07) is 7.19. The second-order valence-corrected chi connectivity index (χ2v) is 6.54. The van der Waals surface area contributed by atoms with E-state index < -0.39 is 0 Å². The molecule has 0 aliphatic carbocycles. The quantitative estimate of drug-likeness (QED) is 0.393. The molecule has 2 N–H and O–H groups in total. The highest BCUT2D eigenvalue weighted by Gasteiger charge is 2.12. The summed E-state index contributed by atoms with van der Waals surface area (Å²) in [5, 5.41) is 6.70. The van der Waals surface area contributed by atoms with Crippen LogP contribution in [0.4, 0.5) is 0 Å². The number of hydrogen-bond donors (Lipinski definition) is 2. The lowest BCUT2D eigenvalue weighted by Gasteiger charge is -2.30. The Morgan fingerprint density at radius 3 is 2.50 bits per heavy atom. The SMILES string of the molecule is CCNC(=NCCCN(C(C)C)C(C)C)NCCc1ccccn1. The molecule has 1 rings (SSSR count). The van der Waals surface area contributed by atoms with Crippen LogP contribution in [0.25, 0.3) is 0 Å². The number of aliphatic imine (C=N–C) groups is 1. The minimum atomic E-state index is 0.582. The Labute approximate surface area is 148 Å². The average Bonchev–Trinajstić information content (AvgIpc) is 2.54. The van der Waals surface area contributed by atoms with Crippen LogP contribution in [0.15, 0.2) is 29.4 Å². The molecule has 0 fully saturated rings. The predicted molar refractivity (Wildman–Crippen MR) is 104 cm³/mol. The predicted octanol–water partition coefficient (Wildman–Crippen LogP) is 2.69. The number of aromatic nitrogens is 1. The standard InChI is InChI=1S/C19H35N5/c1-6-20-19(23-14-11-18-10-7-8-12-21-18)22-13-9-15-24(16(2)3)17(4)5/h7-8,10,12,16-17H,6,9,11,13-15H2,1-5H3,(H2,20,22,23). The van der Waals surface area contributed by atoms with Crippen LogP contribution in [0.5, 0.6) is 0 Å². The Balaban J connectivity index is 2.36. The fraction of sp³-hybridized carbons (Fsp3) is 0.684. The van der Waals surface area contributed by atoms with E-state index in [9.17, 15) is 0 Å². The van der Waals surface area contributed by atoms with Crippen molar-refractivity contribution in [1.82, 2.24) is 20.5 Å². The highest BCUT2D eigenvalue weighted by molar-refractivity contribution is 5.79. The van der Waals surface area contributed by atoms with E-state index in [4.69, 9.17) is 0 Å². The van der Waals surface area contributed by atoms with E-state index in [0.717, 1.165) is 50.7 Å².